The summed E-state index contributed by atoms with van der Waals surface area (Å²) in [5, 5.41) is 8.82. The number of benzene rings is 2. The average molecular weight is 347 g/mol. The van der Waals surface area contributed by atoms with E-state index in [4.69, 9.17) is 0 Å². The fraction of sp³-hybridized carbons (Fsp3) is 0.150. The van der Waals surface area contributed by atoms with Crippen molar-refractivity contribution in [3.63, 3.8) is 0 Å². The Morgan fingerprint density at radius 2 is 1.85 bits per heavy atom. The molecule has 0 saturated carbocycles. The molecule has 2 heterocycles. The van der Waals surface area contributed by atoms with Crippen molar-refractivity contribution in [1.29, 1.82) is 0 Å². The number of nitrogens with one attached hydrogen (secondary N) is 1. The third kappa shape index (κ3) is 2.90. The number of rotatable bonds is 4. The Morgan fingerprint density at radius 1 is 1.04 bits per heavy atom. The Kier molecular flexibility index (Phi) is 4.08. The maximum atomic E-state index is 13.6. The standard InChI is InChI=1S/C20H18FN5/c1-13(15-7-4-3-5-8-15)24-19-18-14(2)25-26(20(18)23-12-22-19)17-10-6-9-16(21)11-17/h3-13H,1-2H3,(H,22,23,24). The first-order valence-corrected chi connectivity index (χ1v) is 8.41. The van der Waals surface area contributed by atoms with E-state index in [0.717, 1.165) is 16.6 Å². The topological polar surface area (TPSA) is 55.6 Å². The number of hydrogen-bond donors (Lipinski definition) is 1. The Morgan fingerprint density at radius 3 is 2.62 bits per heavy atom. The maximum Gasteiger partial charge on any atom is 0.168 e. The summed E-state index contributed by atoms with van der Waals surface area (Å²) in [6.07, 6.45) is 1.50. The van der Waals surface area contributed by atoms with Gasteiger partial charge in [-0.3, -0.25) is 0 Å². The summed E-state index contributed by atoms with van der Waals surface area (Å²) in [5.74, 6) is 0.403. The predicted molar refractivity (Wildman–Crippen MR) is 99.8 cm³/mol. The summed E-state index contributed by atoms with van der Waals surface area (Å²) in [5.41, 5.74) is 3.22. The van der Waals surface area contributed by atoms with Crippen molar-refractivity contribution in [3.05, 3.63) is 78.0 Å². The van der Waals surface area contributed by atoms with E-state index < -0.39 is 0 Å². The number of aryl methyl sites for hydroxylation is 1. The molecule has 0 aliphatic carbocycles. The van der Waals surface area contributed by atoms with Gasteiger partial charge in [0.25, 0.3) is 0 Å². The van der Waals surface area contributed by atoms with Crippen LogP contribution in [0.5, 0.6) is 0 Å². The van der Waals surface area contributed by atoms with Crippen LogP contribution < -0.4 is 5.32 Å². The van der Waals surface area contributed by atoms with Crippen LogP contribution in [0.25, 0.3) is 16.7 Å². The molecule has 0 amide bonds. The Balaban J connectivity index is 1.78. The molecular weight excluding hydrogens is 329 g/mol. The van der Waals surface area contributed by atoms with Gasteiger partial charge in [-0.2, -0.15) is 5.10 Å². The summed E-state index contributed by atoms with van der Waals surface area (Å²) in [6, 6.07) is 16.5. The fourth-order valence-electron chi connectivity index (χ4n) is 3.04. The van der Waals surface area contributed by atoms with E-state index in [2.05, 4.69) is 39.4 Å². The third-order valence-electron chi connectivity index (χ3n) is 4.35. The Bertz CT molecular complexity index is 1060. The lowest BCUT2D eigenvalue weighted by Gasteiger charge is -2.15. The SMILES string of the molecule is Cc1nn(-c2cccc(F)c2)c2ncnc(NC(C)c3ccccc3)c12. The summed E-state index contributed by atoms with van der Waals surface area (Å²) in [7, 11) is 0. The number of anilines is 1. The molecule has 0 aliphatic rings. The molecule has 5 nitrogen and oxygen atoms in total. The first-order valence-electron chi connectivity index (χ1n) is 8.41. The van der Waals surface area contributed by atoms with Gasteiger partial charge >= 0.3 is 0 Å². The quantitative estimate of drug-likeness (QED) is 0.593. The van der Waals surface area contributed by atoms with Crippen LogP contribution in [0.15, 0.2) is 60.9 Å². The van der Waals surface area contributed by atoms with Crippen molar-refractivity contribution in [3.8, 4) is 5.69 Å². The molecule has 1 atom stereocenters. The predicted octanol–water partition coefficient (Wildman–Crippen LogP) is 4.44. The molecule has 1 unspecified atom stereocenters. The molecular formula is C20H18FN5. The summed E-state index contributed by atoms with van der Waals surface area (Å²) in [4.78, 5) is 8.78. The lowest BCUT2D eigenvalue weighted by Crippen LogP contribution is -2.08. The Hall–Kier alpha value is -3.28. The highest BCUT2D eigenvalue weighted by Crippen LogP contribution is 2.28. The van der Waals surface area contributed by atoms with Gasteiger partial charge in [-0.15, -0.1) is 0 Å². The van der Waals surface area contributed by atoms with Gasteiger partial charge in [0.2, 0.25) is 0 Å². The lowest BCUT2D eigenvalue weighted by atomic mass is 10.1. The minimum Gasteiger partial charge on any atom is -0.363 e. The fourth-order valence-corrected chi connectivity index (χ4v) is 3.04. The summed E-state index contributed by atoms with van der Waals surface area (Å²) < 4.78 is 15.3. The normalized spacial score (nSPS) is 12.3. The Labute approximate surface area is 150 Å². The second-order valence-corrected chi connectivity index (χ2v) is 6.17. The lowest BCUT2D eigenvalue weighted by molar-refractivity contribution is 0.625. The third-order valence-corrected chi connectivity index (χ3v) is 4.35. The van der Waals surface area contributed by atoms with Crippen LogP contribution >= 0.6 is 0 Å². The van der Waals surface area contributed by atoms with E-state index >= 15 is 0 Å². The smallest absolute Gasteiger partial charge is 0.168 e. The van der Waals surface area contributed by atoms with Gasteiger partial charge in [-0.05, 0) is 37.6 Å². The molecule has 6 heteroatoms. The molecule has 1 N–H and O–H groups in total. The summed E-state index contributed by atoms with van der Waals surface area (Å²) >= 11 is 0. The molecule has 0 radical (unpaired) electrons. The number of halogens is 1. The van der Waals surface area contributed by atoms with Crippen LogP contribution in [-0.4, -0.2) is 19.7 Å². The van der Waals surface area contributed by atoms with Gasteiger partial charge in [0.05, 0.1) is 16.8 Å². The largest absolute Gasteiger partial charge is 0.363 e. The first kappa shape index (κ1) is 16.2. The van der Waals surface area contributed by atoms with Gasteiger partial charge in [0.1, 0.15) is 18.0 Å². The minimum absolute atomic E-state index is 0.0752. The van der Waals surface area contributed by atoms with E-state index in [1.54, 1.807) is 16.8 Å². The van der Waals surface area contributed by atoms with Crippen LogP contribution in [0.2, 0.25) is 0 Å². The number of nitrogens with zero attached hydrogens (tertiary/aromatic N) is 4. The van der Waals surface area contributed by atoms with E-state index in [9.17, 15) is 4.39 Å². The molecule has 2 aromatic carbocycles. The molecule has 0 spiro atoms. The van der Waals surface area contributed by atoms with Gasteiger partial charge in [0, 0.05) is 6.04 Å². The van der Waals surface area contributed by atoms with E-state index in [-0.39, 0.29) is 11.9 Å². The van der Waals surface area contributed by atoms with Gasteiger partial charge in [-0.25, -0.2) is 19.0 Å². The number of aromatic nitrogens is 4. The van der Waals surface area contributed by atoms with Crippen molar-refractivity contribution in [2.75, 3.05) is 5.32 Å². The van der Waals surface area contributed by atoms with Crippen LogP contribution in [0.4, 0.5) is 10.2 Å². The van der Waals surface area contributed by atoms with Crippen molar-refractivity contribution < 1.29 is 4.39 Å². The molecule has 0 aliphatic heterocycles. The molecule has 130 valence electrons. The van der Waals surface area contributed by atoms with Crippen LogP contribution in [0.1, 0.15) is 24.2 Å². The van der Waals surface area contributed by atoms with Crippen molar-refractivity contribution in [2.45, 2.75) is 19.9 Å². The maximum absolute atomic E-state index is 13.6. The molecule has 26 heavy (non-hydrogen) atoms. The average Bonchev–Trinajstić information content (AvgIpc) is 3.00. The highest BCUT2D eigenvalue weighted by atomic mass is 19.1. The number of hydrogen-bond acceptors (Lipinski definition) is 4. The second-order valence-electron chi connectivity index (χ2n) is 6.17. The minimum atomic E-state index is -0.311. The van der Waals surface area contributed by atoms with Crippen molar-refractivity contribution in [1.82, 2.24) is 19.7 Å². The van der Waals surface area contributed by atoms with E-state index in [1.165, 1.54) is 18.5 Å². The molecule has 0 fully saturated rings. The molecule has 0 saturated heterocycles. The van der Waals surface area contributed by atoms with E-state index in [0.29, 0.717) is 17.2 Å². The van der Waals surface area contributed by atoms with Crippen molar-refractivity contribution in [2.24, 2.45) is 0 Å². The molecule has 4 aromatic rings. The van der Waals surface area contributed by atoms with Crippen molar-refractivity contribution >= 4 is 16.9 Å². The zero-order valence-corrected chi connectivity index (χ0v) is 14.5. The van der Waals surface area contributed by atoms with Gasteiger partial charge < -0.3 is 5.32 Å². The number of fused-ring (bicyclic) bond motifs is 1. The second kappa shape index (κ2) is 6.55. The van der Waals surface area contributed by atoms with E-state index in [1.807, 2.05) is 25.1 Å². The van der Waals surface area contributed by atoms with Crippen LogP contribution in [0, 0.1) is 12.7 Å². The highest BCUT2D eigenvalue weighted by Gasteiger charge is 2.17. The monoisotopic (exact) mass is 347 g/mol. The highest BCUT2D eigenvalue weighted by molar-refractivity contribution is 5.90. The van der Waals surface area contributed by atoms with Gasteiger partial charge in [-0.1, -0.05) is 36.4 Å². The zero-order chi connectivity index (χ0) is 18.1. The molecule has 0 bridgehead atoms. The van der Waals surface area contributed by atoms with Crippen LogP contribution in [-0.2, 0) is 0 Å². The molecule has 4 rings (SSSR count). The first-order chi connectivity index (χ1) is 12.6. The van der Waals surface area contributed by atoms with Gasteiger partial charge in [0.15, 0.2) is 5.65 Å². The molecule has 2 aromatic heterocycles. The zero-order valence-electron chi connectivity index (χ0n) is 14.5. The summed E-state index contributed by atoms with van der Waals surface area (Å²) in [6.45, 7) is 3.98. The van der Waals surface area contributed by atoms with Crippen LogP contribution in [0.3, 0.4) is 0 Å².